The first-order valence-corrected chi connectivity index (χ1v) is 6.15. The summed E-state index contributed by atoms with van der Waals surface area (Å²) in [5.41, 5.74) is 3.39. The van der Waals surface area contributed by atoms with Gasteiger partial charge in [-0.25, -0.2) is 4.79 Å². The number of quaternary nitrogens is 1. The minimum atomic E-state index is -4.78. The summed E-state index contributed by atoms with van der Waals surface area (Å²) in [5.74, 6) is -1.65. The number of rotatable bonds is 8. The molecule has 0 radical (unpaired) electrons. The third-order valence-electron chi connectivity index (χ3n) is 2.75. The molecule has 1 amide bonds. The van der Waals surface area contributed by atoms with Gasteiger partial charge in [0.15, 0.2) is 12.1 Å². The van der Waals surface area contributed by atoms with Crippen molar-refractivity contribution in [3.05, 3.63) is 0 Å². The molecule has 0 aromatic rings. The Morgan fingerprint density at radius 3 is 2.30 bits per heavy atom. The second-order valence-corrected chi connectivity index (χ2v) is 4.62. The molecule has 0 fully saturated rings. The van der Waals surface area contributed by atoms with E-state index in [0.717, 1.165) is 6.92 Å². The number of alkyl halides is 3. The second-order valence-electron chi connectivity index (χ2n) is 4.62. The van der Waals surface area contributed by atoms with Crippen LogP contribution in [-0.4, -0.2) is 46.5 Å². The van der Waals surface area contributed by atoms with Gasteiger partial charge in [0.25, 0.3) is 0 Å². The Morgan fingerprint density at radius 1 is 1.30 bits per heavy atom. The molecule has 0 saturated heterocycles. The molecule has 118 valence electrons. The van der Waals surface area contributed by atoms with E-state index in [1.165, 1.54) is 0 Å². The molecule has 0 aromatic heterocycles. The van der Waals surface area contributed by atoms with Crippen LogP contribution in [-0.2, 0) is 9.59 Å². The molecule has 0 rings (SSSR count). The number of aliphatic hydroxyl groups is 1. The number of carbonyl (C=O) groups is 2. The Hall–Kier alpha value is -1.35. The molecule has 0 aromatic carbocycles. The van der Waals surface area contributed by atoms with Crippen LogP contribution in [0.4, 0.5) is 13.2 Å². The van der Waals surface area contributed by atoms with E-state index >= 15 is 0 Å². The van der Waals surface area contributed by atoms with Crippen LogP contribution in [0.15, 0.2) is 0 Å². The first kappa shape index (κ1) is 18.7. The summed E-state index contributed by atoms with van der Waals surface area (Å²) < 4.78 is 36.5. The van der Waals surface area contributed by atoms with Crippen molar-refractivity contribution >= 4 is 11.9 Å². The number of unbranched alkanes of at least 4 members (excludes halogenated alkanes) is 1. The van der Waals surface area contributed by atoms with Gasteiger partial charge in [0.2, 0.25) is 5.91 Å². The Bertz CT molecular complexity index is 336. The summed E-state index contributed by atoms with van der Waals surface area (Å²) in [6.45, 7) is 1.06. The van der Waals surface area contributed by atoms with E-state index in [9.17, 15) is 22.8 Å². The van der Waals surface area contributed by atoms with Gasteiger partial charge in [-0.2, -0.15) is 13.2 Å². The molecule has 6 N–H and O–H groups in total. The third kappa shape index (κ3) is 7.29. The lowest BCUT2D eigenvalue weighted by Crippen LogP contribution is -2.64. The van der Waals surface area contributed by atoms with Crippen LogP contribution >= 0.6 is 0 Å². The van der Waals surface area contributed by atoms with E-state index in [2.05, 4.69) is 11.1 Å². The first-order valence-electron chi connectivity index (χ1n) is 6.15. The number of hydrogen-bond acceptors (Lipinski definition) is 3. The minimum Gasteiger partial charge on any atom is -0.477 e. The maximum absolute atomic E-state index is 12.2. The van der Waals surface area contributed by atoms with E-state index < -0.39 is 36.2 Å². The van der Waals surface area contributed by atoms with Crippen molar-refractivity contribution in [1.29, 1.82) is 0 Å². The summed E-state index contributed by atoms with van der Waals surface area (Å²) in [6.07, 6.45) is -6.34. The summed E-state index contributed by atoms with van der Waals surface area (Å²) in [4.78, 5) is 21.8. The van der Waals surface area contributed by atoms with Crippen LogP contribution in [0.25, 0.3) is 0 Å². The fraction of sp³-hybridized carbons (Fsp3) is 0.818. The molecule has 9 heteroatoms. The molecule has 6 nitrogen and oxygen atoms in total. The van der Waals surface area contributed by atoms with Crippen LogP contribution in [0, 0.1) is 0 Å². The summed E-state index contributed by atoms with van der Waals surface area (Å²) in [5, 5.41) is 19.5. The van der Waals surface area contributed by atoms with Gasteiger partial charge < -0.3 is 21.3 Å². The Morgan fingerprint density at radius 2 is 1.85 bits per heavy atom. The number of carboxylic acid groups (broad SMARTS) is 1. The van der Waals surface area contributed by atoms with Crippen molar-refractivity contribution in [3.8, 4) is 0 Å². The quantitative estimate of drug-likeness (QED) is 0.460. The Balaban J connectivity index is 3.92. The van der Waals surface area contributed by atoms with Crippen LogP contribution in [0.5, 0.6) is 0 Å². The molecule has 0 unspecified atom stereocenters. The summed E-state index contributed by atoms with van der Waals surface area (Å²) in [7, 11) is 0. The maximum atomic E-state index is 12.2. The lowest BCUT2D eigenvalue weighted by atomic mass is 10.1. The van der Waals surface area contributed by atoms with Gasteiger partial charge >= 0.3 is 12.1 Å². The first-order chi connectivity index (χ1) is 9.05. The highest BCUT2D eigenvalue weighted by atomic mass is 19.4. The topological polar surface area (TPSA) is 114 Å². The van der Waals surface area contributed by atoms with Gasteiger partial charge in [-0.1, -0.05) is 0 Å². The zero-order valence-corrected chi connectivity index (χ0v) is 11.1. The van der Waals surface area contributed by atoms with E-state index in [-0.39, 0.29) is 6.42 Å². The van der Waals surface area contributed by atoms with Crippen molar-refractivity contribution in [2.45, 2.75) is 57.0 Å². The van der Waals surface area contributed by atoms with Crippen molar-refractivity contribution in [1.82, 2.24) is 5.32 Å². The van der Waals surface area contributed by atoms with Crippen molar-refractivity contribution in [3.63, 3.8) is 0 Å². The second kappa shape index (κ2) is 8.05. The molecule has 0 aliphatic heterocycles. The predicted octanol–water partition coefficient (Wildman–Crippen LogP) is -0.330. The number of aliphatic hydroxyl groups excluding tert-OH is 1. The molecule has 0 aliphatic carbocycles. The molecule has 3 atom stereocenters. The highest BCUT2D eigenvalue weighted by Crippen LogP contribution is 2.22. The number of carbonyl (C=O) groups excluding carboxylic acids is 1. The Kier molecular flexibility index (Phi) is 7.51. The van der Waals surface area contributed by atoms with E-state index in [0.29, 0.717) is 19.3 Å². The lowest BCUT2D eigenvalue weighted by molar-refractivity contribution is -0.409. The number of amides is 1. The molecule has 0 heterocycles. The van der Waals surface area contributed by atoms with E-state index in [4.69, 9.17) is 10.2 Å². The van der Waals surface area contributed by atoms with Gasteiger partial charge in [-0.05, 0) is 19.8 Å². The average Bonchev–Trinajstić information content (AvgIpc) is 2.31. The van der Waals surface area contributed by atoms with E-state index in [1.54, 1.807) is 0 Å². The maximum Gasteiger partial charge on any atom is 0.416 e. The molecule has 0 aliphatic rings. The SMILES string of the molecule is C[C@@H](NC(=O)CCCC[C@@H]([NH3+])C(=O)O)[C@H](O)C(F)(F)F. The standard InChI is InChI=1S/C11H19F3N2O4/c1-6(9(18)11(12,13)14)16-8(17)5-3-2-4-7(15)10(19)20/h6-7,9,18H,2-5,15H2,1H3,(H,16,17)(H,19,20)/p+1/t6-,7-,9+/m1/s1. The predicted molar refractivity (Wildman–Crippen MR) is 62.4 cm³/mol. The number of halogens is 3. The lowest BCUT2D eigenvalue weighted by Gasteiger charge is -2.22. The van der Waals surface area contributed by atoms with Gasteiger partial charge in [0, 0.05) is 12.8 Å². The highest BCUT2D eigenvalue weighted by Gasteiger charge is 2.42. The Labute approximate surface area is 114 Å². The van der Waals surface area contributed by atoms with Crippen LogP contribution < -0.4 is 11.1 Å². The molecular weight excluding hydrogens is 281 g/mol. The van der Waals surface area contributed by atoms with Crippen LogP contribution in [0.2, 0.25) is 0 Å². The van der Waals surface area contributed by atoms with Gasteiger partial charge in [0.05, 0.1) is 6.04 Å². The van der Waals surface area contributed by atoms with Gasteiger partial charge in [-0.3, -0.25) is 4.79 Å². The fourth-order valence-electron chi connectivity index (χ4n) is 1.49. The summed E-state index contributed by atoms with van der Waals surface area (Å²) >= 11 is 0. The summed E-state index contributed by atoms with van der Waals surface area (Å²) in [6, 6.07) is -2.19. The van der Waals surface area contributed by atoms with Crippen LogP contribution in [0.3, 0.4) is 0 Å². The number of carboxylic acids is 1. The monoisotopic (exact) mass is 301 g/mol. The molecular formula is C11H20F3N2O4+. The largest absolute Gasteiger partial charge is 0.477 e. The molecule has 0 spiro atoms. The highest BCUT2D eigenvalue weighted by molar-refractivity contribution is 5.76. The molecule has 0 bridgehead atoms. The molecule has 0 saturated carbocycles. The van der Waals surface area contributed by atoms with E-state index in [1.807, 2.05) is 0 Å². The average molecular weight is 301 g/mol. The third-order valence-corrected chi connectivity index (χ3v) is 2.75. The number of nitrogens with one attached hydrogen (secondary N) is 1. The van der Waals surface area contributed by atoms with Gasteiger partial charge in [-0.15, -0.1) is 0 Å². The molecule has 20 heavy (non-hydrogen) atoms. The normalized spacial score (nSPS) is 16.3. The number of hydrogen-bond donors (Lipinski definition) is 4. The smallest absolute Gasteiger partial charge is 0.416 e. The minimum absolute atomic E-state index is 0.0265. The zero-order valence-electron chi connectivity index (χ0n) is 11.1. The zero-order chi connectivity index (χ0) is 15.9. The van der Waals surface area contributed by atoms with Gasteiger partial charge in [0.1, 0.15) is 0 Å². The number of aliphatic carboxylic acids is 1. The van der Waals surface area contributed by atoms with Crippen molar-refractivity contribution in [2.24, 2.45) is 0 Å². The van der Waals surface area contributed by atoms with Crippen molar-refractivity contribution in [2.75, 3.05) is 0 Å². The van der Waals surface area contributed by atoms with Crippen molar-refractivity contribution < 1.29 is 38.7 Å². The van der Waals surface area contributed by atoms with Crippen LogP contribution in [0.1, 0.15) is 32.6 Å². The fourth-order valence-corrected chi connectivity index (χ4v) is 1.49.